The molecule has 0 spiro atoms. The summed E-state index contributed by atoms with van der Waals surface area (Å²) < 4.78 is 6.70. The molecule has 3 aromatic rings. The number of nitrogens with zero attached hydrogens (tertiary/aromatic N) is 4. The summed E-state index contributed by atoms with van der Waals surface area (Å²) >= 11 is 0. The first-order valence-electron chi connectivity index (χ1n) is 9.12. The van der Waals surface area contributed by atoms with E-state index in [0.29, 0.717) is 29.6 Å². The lowest BCUT2D eigenvalue weighted by atomic mass is 9.83. The normalized spacial score (nSPS) is 16.1. The van der Waals surface area contributed by atoms with Gasteiger partial charge in [0, 0.05) is 12.5 Å². The monoisotopic (exact) mass is 366 g/mol. The maximum atomic E-state index is 12.3. The minimum atomic E-state index is -0.0892. The Morgan fingerprint density at radius 2 is 2.26 bits per heavy atom. The van der Waals surface area contributed by atoms with Gasteiger partial charge in [0.1, 0.15) is 23.7 Å². The van der Waals surface area contributed by atoms with Crippen molar-refractivity contribution in [2.75, 3.05) is 6.54 Å². The summed E-state index contributed by atoms with van der Waals surface area (Å²) in [6.07, 6.45) is 6.37. The van der Waals surface area contributed by atoms with E-state index in [1.807, 2.05) is 0 Å². The summed E-state index contributed by atoms with van der Waals surface area (Å²) in [7, 11) is 0. The lowest BCUT2D eigenvalue weighted by Crippen LogP contribution is -2.32. The van der Waals surface area contributed by atoms with Crippen LogP contribution in [-0.2, 0) is 24.3 Å². The Kier molecular flexibility index (Phi) is 4.97. The van der Waals surface area contributed by atoms with Gasteiger partial charge in [-0.1, -0.05) is 29.5 Å². The van der Waals surface area contributed by atoms with Gasteiger partial charge in [-0.3, -0.25) is 4.79 Å². The van der Waals surface area contributed by atoms with Crippen molar-refractivity contribution >= 4 is 5.91 Å². The predicted molar refractivity (Wildman–Crippen MR) is 98.5 cm³/mol. The molecule has 1 unspecified atom stereocenters. The molecule has 0 radical (unpaired) electrons. The molecule has 1 aromatic carbocycles. The van der Waals surface area contributed by atoms with Gasteiger partial charge in [0.15, 0.2) is 6.39 Å². The molecule has 1 aliphatic carbocycles. The molecule has 0 aliphatic heterocycles. The lowest BCUT2D eigenvalue weighted by Gasteiger charge is -2.25. The molecule has 2 aromatic heterocycles. The van der Waals surface area contributed by atoms with E-state index < -0.39 is 0 Å². The molecule has 0 fully saturated rings. The van der Waals surface area contributed by atoms with Crippen molar-refractivity contribution in [1.82, 2.24) is 25.3 Å². The smallest absolute Gasteiger partial charge is 0.241 e. The Bertz CT molecular complexity index is 932. The number of aryl methyl sites for hydroxylation is 1. The quantitative estimate of drug-likeness (QED) is 0.686. The number of hydrogen-bond donors (Lipinski definition) is 2. The highest BCUT2D eigenvalue weighted by Crippen LogP contribution is 2.30. The summed E-state index contributed by atoms with van der Waals surface area (Å²) in [5, 5.41) is 11.1. The summed E-state index contributed by atoms with van der Waals surface area (Å²) in [5.41, 5.74) is 9.46. The van der Waals surface area contributed by atoms with E-state index in [2.05, 4.69) is 44.9 Å². The van der Waals surface area contributed by atoms with Gasteiger partial charge >= 0.3 is 0 Å². The Morgan fingerprint density at radius 3 is 3.15 bits per heavy atom. The van der Waals surface area contributed by atoms with Gasteiger partial charge in [0.25, 0.3) is 0 Å². The molecule has 0 bridgehead atoms. The average Bonchev–Trinajstić information content (AvgIpc) is 3.35. The second-order valence-corrected chi connectivity index (χ2v) is 6.72. The predicted octanol–water partition coefficient (Wildman–Crippen LogP) is 1.63. The standard InChI is InChI=1S/C19H22N6O2/c20-8-17-19(22-12-27-17)16-10-25(24-23-16)11-18(26)21-9-14-6-3-5-13-4-1-2-7-15(13)14/h1-2,4,7,10,12,14H,3,5-6,8-9,11,20H2,(H,21,26). The summed E-state index contributed by atoms with van der Waals surface area (Å²) in [6.45, 7) is 0.973. The first kappa shape index (κ1) is 17.4. The van der Waals surface area contributed by atoms with Crippen molar-refractivity contribution in [2.24, 2.45) is 5.73 Å². The molecule has 8 nitrogen and oxygen atoms in total. The number of carbonyl (C=O) groups is 1. The molecule has 1 atom stereocenters. The van der Waals surface area contributed by atoms with Crippen molar-refractivity contribution in [3.8, 4) is 11.4 Å². The van der Waals surface area contributed by atoms with Crippen LogP contribution in [0.2, 0.25) is 0 Å². The zero-order valence-electron chi connectivity index (χ0n) is 15.0. The number of nitrogens with two attached hydrogens (primary N) is 1. The number of oxazole rings is 1. The molecule has 1 aliphatic rings. The van der Waals surface area contributed by atoms with Crippen LogP contribution < -0.4 is 11.1 Å². The molecule has 8 heteroatoms. The van der Waals surface area contributed by atoms with E-state index >= 15 is 0 Å². The van der Waals surface area contributed by atoms with Crippen molar-refractivity contribution in [3.63, 3.8) is 0 Å². The number of rotatable bonds is 6. The minimum absolute atomic E-state index is 0.0892. The number of hydrogen-bond acceptors (Lipinski definition) is 6. The first-order valence-corrected chi connectivity index (χ1v) is 9.12. The van der Waals surface area contributed by atoms with Crippen LogP contribution in [-0.4, -0.2) is 32.4 Å². The van der Waals surface area contributed by atoms with Crippen LogP contribution in [0.15, 0.2) is 41.3 Å². The Morgan fingerprint density at radius 1 is 1.37 bits per heavy atom. The number of aromatic nitrogens is 4. The van der Waals surface area contributed by atoms with E-state index in [-0.39, 0.29) is 19.0 Å². The van der Waals surface area contributed by atoms with Crippen molar-refractivity contribution in [2.45, 2.75) is 38.3 Å². The zero-order chi connectivity index (χ0) is 18.6. The highest BCUT2D eigenvalue weighted by molar-refractivity contribution is 5.75. The van der Waals surface area contributed by atoms with E-state index in [1.165, 1.54) is 22.2 Å². The van der Waals surface area contributed by atoms with Crippen molar-refractivity contribution in [1.29, 1.82) is 0 Å². The van der Waals surface area contributed by atoms with Crippen molar-refractivity contribution < 1.29 is 9.21 Å². The molecule has 4 rings (SSSR count). The van der Waals surface area contributed by atoms with Crippen LogP contribution in [0.3, 0.4) is 0 Å². The van der Waals surface area contributed by atoms with Crippen LogP contribution in [0.1, 0.15) is 35.6 Å². The van der Waals surface area contributed by atoms with Crippen LogP contribution in [0.25, 0.3) is 11.4 Å². The molecule has 0 saturated heterocycles. The van der Waals surface area contributed by atoms with Gasteiger partial charge in [-0.15, -0.1) is 5.10 Å². The number of amides is 1. The second kappa shape index (κ2) is 7.71. The maximum Gasteiger partial charge on any atom is 0.241 e. The summed E-state index contributed by atoms with van der Waals surface area (Å²) in [5.74, 6) is 0.823. The third kappa shape index (κ3) is 3.75. The summed E-state index contributed by atoms with van der Waals surface area (Å²) in [4.78, 5) is 16.4. The van der Waals surface area contributed by atoms with E-state index in [4.69, 9.17) is 10.2 Å². The van der Waals surface area contributed by atoms with Gasteiger partial charge in [-0.2, -0.15) is 0 Å². The average molecular weight is 366 g/mol. The van der Waals surface area contributed by atoms with Gasteiger partial charge in [0.05, 0.1) is 12.7 Å². The van der Waals surface area contributed by atoms with E-state index in [9.17, 15) is 4.79 Å². The summed E-state index contributed by atoms with van der Waals surface area (Å²) in [6, 6.07) is 8.49. The number of fused-ring (bicyclic) bond motifs is 1. The van der Waals surface area contributed by atoms with E-state index in [1.54, 1.807) is 6.20 Å². The largest absolute Gasteiger partial charge is 0.446 e. The highest BCUT2D eigenvalue weighted by atomic mass is 16.3. The van der Waals surface area contributed by atoms with Crippen LogP contribution in [0.5, 0.6) is 0 Å². The van der Waals surface area contributed by atoms with Crippen LogP contribution in [0.4, 0.5) is 0 Å². The topological polar surface area (TPSA) is 112 Å². The first-order chi connectivity index (χ1) is 13.2. The zero-order valence-corrected chi connectivity index (χ0v) is 15.0. The molecular weight excluding hydrogens is 344 g/mol. The third-order valence-electron chi connectivity index (χ3n) is 4.95. The van der Waals surface area contributed by atoms with Gasteiger partial charge in [-0.05, 0) is 30.4 Å². The minimum Gasteiger partial charge on any atom is -0.446 e. The number of nitrogens with one attached hydrogen (secondary N) is 1. The fourth-order valence-corrected chi connectivity index (χ4v) is 3.62. The number of benzene rings is 1. The third-order valence-corrected chi connectivity index (χ3v) is 4.95. The van der Waals surface area contributed by atoms with Gasteiger partial charge in [-0.25, -0.2) is 9.67 Å². The fourth-order valence-electron chi connectivity index (χ4n) is 3.62. The van der Waals surface area contributed by atoms with E-state index in [0.717, 1.165) is 19.3 Å². The molecule has 3 N–H and O–H groups in total. The van der Waals surface area contributed by atoms with Crippen molar-refractivity contribution in [3.05, 3.63) is 53.7 Å². The molecule has 2 heterocycles. The molecular formula is C19H22N6O2. The van der Waals surface area contributed by atoms with Crippen LogP contribution >= 0.6 is 0 Å². The molecule has 27 heavy (non-hydrogen) atoms. The Hall–Kier alpha value is -3.00. The molecule has 140 valence electrons. The Balaban J connectivity index is 1.36. The SMILES string of the molecule is NCc1ocnc1-c1cn(CC(=O)NCC2CCCc3ccccc32)nn1. The molecule has 1 amide bonds. The van der Waals surface area contributed by atoms with Gasteiger partial charge in [0.2, 0.25) is 5.91 Å². The second-order valence-electron chi connectivity index (χ2n) is 6.72. The maximum absolute atomic E-state index is 12.3. The Labute approximate surface area is 156 Å². The fraction of sp³-hybridized carbons (Fsp3) is 0.368. The van der Waals surface area contributed by atoms with Crippen LogP contribution in [0, 0.1) is 0 Å². The number of carbonyl (C=O) groups excluding carboxylic acids is 1. The van der Waals surface area contributed by atoms with Gasteiger partial charge < -0.3 is 15.5 Å². The highest BCUT2D eigenvalue weighted by Gasteiger charge is 2.20. The lowest BCUT2D eigenvalue weighted by molar-refractivity contribution is -0.121. The molecule has 0 saturated carbocycles.